The van der Waals surface area contributed by atoms with Crippen molar-refractivity contribution in [3.05, 3.63) is 182 Å². The fourth-order valence-corrected chi connectivity index (χ4v) is 8.60. The predicted octanol–water partition coefficient (Wildman–Crippen LogP) is 13.0. The third-order valence-corrected chi connectivity index (χ3v) is 10.7. The second-order valence-corrected chi connectivity index (χ2v) is 13.3. The minimum absolute atomic E-state index is 1.17. The summed E-state index contributed by atoms with van der Waals surface area (Å²) in [5, 5.41) is 12.8. The number of para-hydroxylation sites is 4. The topological polar surface area (TPSA) is 9.86 Å². The molecule has 0 unspecified atom stereocenters. The Balaban J connectivity index is 1.24. The fraction of sp³-hybridized carbons (Fsp3) is 0. The fourth-order valence-electron chi connectivity index (χ4n) is 8.60. The van der Waals surface area contributed by atoms with Gasteiger partial charge in [-0.15, -0.1) is 0 Å². The van der Waals surface area contributed by atoms with E-state index in [-0.39, 0.29) is 0 Å². The van der Waals surface area contributed by atoms with Crippen molar-refractivity contribution in [2.24, 2.45) is 0 Å². The molecule has 0 radical (unpaired) electrons. The lowest BCUT2D eigenvalue weighted by molar-refractivity contribution is 1.17. The van der Waals surface area contributed by atoms with Crippen molar-refractivity contribution >= 4 is 75.9 Å². The molecule has 0 bridgehead atoms. The number of hydrogen-bond donors (Lipinski definition) is 0. The van der Waals surface area contributed by atoms with Crippen LogP contribution in [-0.4, -0.2) is 9.13 Å². The monoisotopic (exact) mass is 634 g/mol. The van der Waals surface area contributed by atoms with Gasteiger partial charge in [0.25, 0.3) is 0 Å². The maximum absolute atomic E-state index is 2.48. The largest absolute Gasteiger partial charge is 0.309 e. The van der Waals surface area contributed by atoms with Crippen molar-refractivity contribution < 1.29 is 0 Å². The molecule has 0 N–H and O–H groups in total. The van der Waals surface area contributed by atoms with E-state index < -0.39 is 0 Å². The van der Waals surface area contributed by atoms with Crippen molar-refractivity contribution in [3.63, 3.8) is 0 Å². The molecule has 0 aliphatic heterocycles. The van der Waals surface area contributed by atoms with Crippen molar-refractivity contribution in [1.29, 1.82) is 0 Å². The standard InChI is InChI=1S/C48H30N2/c1-2-14-32(15-3-1)49-44-24-12-9-21-39(44)40-28-29-46-47(48(40)49)41-22-10-13-25-45(41)50(46)43-23-11-8-16-33(43)31-26-27-38-36-19-5-4-17-34(36)35-18-6-7-20-37(35)42(38)30-31/h1-30H. The SMILES string of the molecule is c1ccc(-n2c3ccccc3c3ccc4c(c5ccccc5n4-c4ccccc4-c4ccc5c6ccccc6c6ccccc6c5c4)c32)cc1. The summed E-state index contributed by atoms with van der Waals surface area (Å²) in [4.78, 5) is 0. The quantitative estimate of drug-likeness (QED) is 0.171. The van der Waals surface area contributed by atoms with Crippen LogP contribution in [0, 0.1) is 0 Å². The third kappa shape index (κ3) is 3.73. The van der Waals surface area contributed by atoms with Gasteiger partial charge in [0.15, 0.2) is 0 Å². The number of nitrogens with zero attached hydrogens (tertiary/aromatic N) is 2. The number of fused-ring (bicyclic) bond motifs is 13. The molecule has 0 atom stereocenters. The Morgan fingerprint density at radius 1 is 0.300 bits per heavy atom. The van der Waals surface area contributed by atoms with E-state index in [0.717, 1.165) is 0 Å². The van der Waals surface area contributed by atoms with E-state index in [1.54, 1.807) is 0 Å². The summed E-state index contributed by atoms with van der Waals surface area (Å²) in [6.45, 7) is 0. The molecule has 0 fully saturated rings. The van der Waals surface area contributed by atoms with Crippen LogP contribution in [-0.2, 0) is 0 Å². The Morgan fingerprint density at radius 2 is 0.820 bits per heavy atom. The Labute approximate surface area is 288 Å². The molecule has 11 rings (SSSR count). The minimum atomic E-state index is 1.17. The molecular formula is C48H30N2. The van der Waals surface area contributed by atoms with Crippen molar-refractivity contribution in [3.8, 4) is 22.5 Å². The van der Waals surface area contributed by atoms with E-state index in [0.29, 0.717) is 0 Å². The number of aromatic nitrogens is 2. The highest BCUT2D eigenvalue weighted by Gasteiger charge is 2.22. The zero-order valence-corrected chi connectivity index (χ0v) is 27.2. The van der Waals surface area contributed by atoms with Gasteiger partial charge in [-0.1, -0.05) is 140 Å². The smallest absolute Gasteiger partial charge is 0.0641 e. The van der Waals surface area contributed by atoms with Gasteiger partial charge in [-0.05, 0) is 80.3 Å². The lowest BCUT2D eigenvalue weighted by Crippen LogP contribution is -1.97. The highest BCUT2D eigenvalue weighted by Crippen LogP contribution is 2.44. The summed E-state index contributed by atoms with van der Waals surface area (Å²) >= 11 is 0. The van der Waals surface area contributed by atoms with Crippen LogP contribution in [0.4, 0.5) is 0 Å². The van der Waals surface area contributed by atoms with Gasteiger partial charge in [-0.2, -0.15) is 0 Å². The average Bonchev–Trinajstić information content (AvgIpc) is 3.71. The molecule has 2 heterocycles. The van der Waals surface area contributed by atoms with Gasteiger partial charge in [-0.25, -0.2) is 0 Å². The summed E-state index contributed by atoms with van der Waals surface area (Å²) in [5.41, 5.74) is 9.61. The van der Waals surface area contributed by atoms with Gasteiger partial charge in [0, 0.05) is 32.8 Å². The van der Waals surface area contributed by atoms with E-state index in [9.17, 15) is 0 Å². The first-order chi connectivity index (χ1) is 24.8. The third-order valence-electron chi connectivity index (χ3n) is 10.7. The highest BCUT2D eigenvalue weighted by atomic mass is 15.0. The van der Waals surface area contributed by atoms with Crippen LogP contribution in [0.3, 0.4) is 0 Å². The van der Waals surface area contributed by atoms with E-state index in [1.165, 1.54) is 98.4 Å². The van der Waals surface area contributed by atoms with E-state index in [4.69, 9.17) is 0 Å². The zero-order chi connectivity index (χ0) is 32.8. The Bertz CT molecular complexity index is 3110. The molecule has 2 aromatic heterocycles. The molecule has 0 spiro atoms. The molecule has 0 aliphatic rings. The average molecular weight is 635 g/mol. The zero-order valence-electron chi connectivity index (χ0n) is 27.2. The maximum atomic E-state index is 2.48. The van der Waals surface area contributed by atoms with E-state index in [2.05, 4.69) is 191 Å². The second kappa shape index (κ2) is 10.4. The van der Waals surface area contributed by atoms with Crippen LogP contribution >= 0.6 is 0 Å². The summed E-state index contributed by atoms with van der Waals surface area (Å²) < 4.78 is 4.93. The Morgan fingerprint density at radius 3 is 1.54 bits per heavy atom. The van der Waals surface area contributed by atoms with Crippen LogP contribution in [0.15, 0.2) is 182 Å². The minimum Gasteiger partial charge on any atom is -0.309 e. The van der Waals surface area contributed by atoms with Gasteiger partial charge in [0.1, 0.15) is 0 Å². The van der Waals surface area contributed by atoms with Gasteiger partial charge < -0.3 is 9.13 Å². The number of benzene rings is 9. The summed E-state index contributed by atoms with van der Waals surface area (Å²) in [6, 6.07) is 66.7. The maximum Gasteiger partial charge on any atom is 0.0641 e. The normalized spacial score (nSPS) is 12.0. The van der Waals surface area contributed by atoms with Crippen LogP contribution in [0.2, 0.25) is 0 Å². The molecule has 50 heavy (non-hydrogen) atoms. The molecule has 0 saturated carbocycles. The summed E-state index contributed by atoms with van der Waals surface area (Å²) in [6.07, 6.45) is 0. The molecule has 2 nitrogen and oxygen atoms in total. The Hall–Kier alpha value is -6.64. The van der Waals surface area contributed by atoms with Crippen molar-refractivity contribution in [1.82, 2.24) is 9.13 Å². The molecule has 11 aromatic rings. The molecule has 232 valence electrons. The first-order valence-electron chi connectivity index (χ1n) is 17.3. The molecule has 2 heteroatoms. The lowest BCUT2D eigenvalue weighted by Gasteiger charge is -2.16. The molecule has 0 amide bonds. The first-order valence-corrected chi connectivity index (χ1v) is 17.3. The molecule has 0 aliphatic carbocycles. The van der Waals surface area contributed by atoms with Crippen molar-refractivity contribution in [2.75, 3.05) is 0 Å². The number of rotatable bonds is 3. The van der Waals surface area contributed by atoms with Gasteiger partial charge in [-0.3, -0.25) is 0 Å². The van der Waals surface area contributed by atoms with Gasteiger partial charge >= 0.3 is 0 Å². The van der Waals surface area contributed by atoms with Gasteiger partial charge in [0.05, 0.1) is 27.8 Å². The molecule has 9 aromatic carbocycles. The van der Waals surface area contributed by atoms with Crippen LogP contribution < -0.4 is 0 Å². The van der Waals surface area contributed by atoms with Crippen LogP contribution in [0.1, 0.15) is 0 Å². The summed E-state index contributed by atoms with van der Waals surface area (Å²) in [7, 11) is 0. The van der Waals surface area contributed by atoms with Crippen LogP contribution in [0.5, 0.6) is 0 Å². The Kier molecular flexibility index (Phi) is 5.70. The molecule has 0 saturated heterocycles. The van der Waals surface area contributed by atoms with E-state index in [1.807, 2.05) is 0 Å². The van der Waals surface area contributed by atoms with Crippen LogP contribution in [0.25, 0.3) is 98.4 Å². The predicted molar refractivity (Wildman–Crippen MR) is 213 cm³/mol. The highest BCUT2D eigenvalue weighted by molar-refractivity contribution is 6.27. The molecular weight excluding hydrogens is 605 g/mol. The first kappa shape index (κ1) is 27.3. The lowest BCUT2D eigenvalue weighted by atomic mass is 9.92. The summed E-state index contributed by atoms with van der Waals surface area (Å²) in [5.74, 6) is 0. The number of hydrogen-bond acceptors (Lipinski definition) is 0. The second-order valence-electron chi connectivity index (χ2n) is 13.3. The van der Waals surface area contributed by atoms with E-state index >= 15 is 0 Å². The van der Waals surface area contributed by atoms with Crippen molar-refractivity contribution in [2.45, 2.75) is 0 Å². The van der Waals surface area contributed by atoms with Gasteiger partial charge in [0.2, 0.25) is 0 Å².